The topological polar surface area (TPSA) is 144 Å². The molecule has 1 aliphatic heterocycles. The van der Waals surface area contributed by atoms with Gasteiger partial charge in [-0.05, 0) is 42.8 Å². The van der Waals surface area contributed by atoms with Gasteiger partial charge in [-0.1, -0.05) is 12.6 Å². The van der Waals surface area contributed by atoms with Crippen molar-refractivity contribution < 1.29 is 55.0 Å². The molecule has 1 aromatic carbocycles. The van der Waals surface area contributed by atoms with Gasteiger partial charge in [0.05, 0.1) is 6.61 Å². The van der Waals surface area contributed by atoms with Gasteiger partial charge >= 0.3 is 42.9 Å². The number of hydrogen-bond donors (Lipinski definition) is 3. The van der Waals surface area contributed by atoms with Gasteiger partial charge in [-0.2, -0.15) is 14.1 Å². The van der Waals surface area contributed by atoms with Gasteiger partial charge < -0.3 is 30.9 Å². The number of pyridine rings is 1. The maximum Gasteiger partial charge on any atom is 2.00 e. The van der Waals surface area contributed by atoms with Crippen molar-refractivity contribution >= 4 is 35.1 Å². The minimum Gasteiger partial charge on any atom is -0.668 e. The van der Waals surface area contributed by atoms with Crippen molar-refractivity contribution in [2.75, 3.05) is 50.6 Å². The summed E-state index contributed by atoms with van der Waals surface area (Å²) in [5, 5.41) is 10.8. The Bertz CT molecular complexity index is 985. The molecule has 0 bridgehead atoms. The molecule has 0 saturated carbocycles. The Morgan fingerprint density at radius 1 is 1.11 bits per heavy atom. The Hall–Kier alpha value is -2.78. The zero-order chi connectivity index (χ0) is 24.9. The summed E-state index contributed by atoms with van der Waals surface area (Å²) in [5.41, 5.74) is 2.00. The van der Waals surface area contributed by atoms with Crippen LogP contribution in [-0.4, -0.2) is 69.0 Å². The molecule has 11 nitrogen and oxygen atoms in total. The summed E-state index contributed by atoms with van der Waals surface area (Å²) in [4.78, 5) is 53.3. The van der Waals surface area contributed by atoms with Crippen molar-refractivity contribution in [3.63, 3.8) is 0 Å². The average Bonchev–Trinajstić information content (AvgIpc) is 2.84. The van der Waals surface area contributed by atoms with Crippen molar-refractivity contribution in [3.05, 3.63) is 65.6 Å². The van der Waals surface area contributed by atoms with Crippen LogP contribution in [0.25, 0.3) is 5.32 Å². The number of amides is 4. The molecule has 12 heteroatoms. The predicted molar refractivity (Wildman–Crippen MR) is 127 cm³/mol. The van der Waals surface area contributed by atoms with E-state index in [4.69, 9.17) is 4.74 Å². The second-order valence-electron chi connectivity index (χ2n) is 7.15. The van der Waals surface area contributed by atoms with Gasteiger partial charge in [0, 0.05) is 24.0 Å². The van der Waals surface area contributed by atoms with Crippen molar-refractivity contribution in [3.8, 4) is 0 Å². The summed E-state index contributed by atoms with van der Waals surface area (Å²) in [6.07, 6.45) is 1.57. The van der Waals surface area contributed by atoms with E-state index in [0.29, 0.717) is 24.4 Å². The Morgan fingerprint density at radius 3 is 2.40 bits per heavy atom. The fourth-order valence-electron chi connectivity index (χ4n) is 2.75. The number of benzene rings is 1. The molecule has 1 fully saturated rings. The molecule has 2 heterocycles. The van der Waals surface area contributed by atoms with E-state index in [1.165, 1.54) is 6.54 Å². The Morgan fingerprint density at radius 2 is 1.80 bits per heavy atom. The molecule has 0 atom stereocenters. The minimum absolute atomic E-state index is 0. The standard InChI is InChI=1S/C21H22N5O5.C2H6N.U/c1-14-2-7-17(24-12-14)25-21(30)20(29)23-9-8-22-19(28)15-3-5-16(6-4-15)26-10-11-31-13-18(26)27;1-3-2;/h2-8,12H,9-11,13H2,1H3,(H,22,28)(H,23,29)(H,24,25,30);1-2H3;/q2*-1;+2. The molecule has 0 aliphatic carbocycles. The van der Waals surface area contributed by atoms with Crippen LogP contribution >= 0.6 is 0 Å². The Labute approximate surface area is 228 Å². The molecule has 2 aromatic rings. The molecule has 3 rings (SSSR count). The quantitative estimate of drug-likeness (QED) is 0.233. The number of aryl methyl sites for hydroxylation is 1. The molecule has 3 N–H and O–H groups in total. The van der Waals surface area contributed by atoms with Crippen LogP contribution in [0.2, 0.25) is 0 Å². The van der Waals surface area contributed by atoms with Gasteiger partial charge in [0.25, 0.3) is 5.91 Å². The molecule has 0 unspecified atom stereocenters. The molecule has 1 aromatic heterocycles. The number of nitrogens with zero attached hydrogens (tertiary/aromatic N) is 3. The van der Waals surface area contributed by atoms with E-state index >= 15 is 0 Å². The third kappa shape index (κ3) is 10.2. The number of morpholine rings is 1. The third-order valence-electron chi connectivity index (χ3n) is 4.38. The first kappa shape index (κ1) is 30.3. The van der Waals surface area contributed by atoms with Gasteiger partial charge in [-0.25, -0.2) is 11.5 Å². The number of carbonyl (C=O) groups is 4. The second kappa shape index (κ2) is 16.0. The zero-order valence-electron chi connectivity index (χ0n) is 19.8. The Balaban J connectivity index is 0.00000145. The van der Waals surface area contributed by atoms with Crippen LogP contribution in [0.5, 0.6) is 0 Å². The Kier molecular flexibility index (Phi) is 13.8. The van der Waals surface area contributed by atoms with Crippen LogP contribution < -0.4 is 20.9 Å². The second-order valence-corrected chi connectivity index (χ2v) is 7.15. The largest absolute Gasteiger partial charge is 2.00 e. The summed E-state index contributed by atoms with van der Waals surface area (Å²) < 4.78 is 5.10. The number of hydrogen-bond acceptors (Lipinski definition) is 6. The number of anilines is 2. The number of ether oxygens (including phenoxy) is 1. The number of rotatable bonds is 6. The van der Waals surface area contributed by atoms with E-state index in [-0.39, 0.29) is 61.9 Å². The first-order chi connectivity index (χ1) is 16.3. The van der Waals surface area contributed by atoms with Crippen molar-refractivity contribution in [2.45, 2.75) is 6.92 Å². The summed E-state index contributed by atoms with van der Waals surface area (Å²) in [7, 11) is 3.50. The van der Waals surface area contributed by atoms with E-state index in [9.17, 15) is 19.2 Å². The smallest absolute Gasteiger partial charge is 0.668 e. The number of carbonyl (C=O) groups excluding carboxylic acids is 4. The van der Waals surface area contributed by atoms with E-state index in [0.717, 1.165) is 5.56 Å². The van der Waals surface area contributed by atoms with Crippen molar-refractivity contribution in [1.82, 2.24) is 15.6 Å². The zero-order valence-corrected chi connectivity index (χ0v) is 24.0. The van der Waals surface area contributed by atoms with E-state index in [1.807, 2.05) is 6.92 Å². The molecular formula is C23H28N6O5U. The SMILES string of the molecule is C[N-]C.Cc1ccc(NC(=O)C(=O)NC[CH-]NC(=O)c2ccc(N3CCOCC3=O)cc2)nc1.[U+2]. The molecular weight excluding hydrogens is 678 g/mol. The number of nitrogens with one attached hydrogen (secondary N) is 3. The van der Waals surface area contributed by atoms with Crippen LogP contribution in [0.4, 0.5) is 11.5 Å². The van der Waals surface area contributed by atoms with Crippen molar-refractivity contribution in [2.24, 2.45) is 0 Å². The maximum atomic E-state index is 12.2. The molecule has 1 saturated heterocycles. The molecule has 0 spiro atoms. The first-order valence-electron chi connectivity index (χ1n) is 10.5. The summed E-state index contributed by atoms with van der Waals surface area (Å²) in [5.74, 6) is -1.96. The predicted octanol–water partition coefficient (Wildman–Crippen LogP) is 1.02. The fraction of sp³-hybridized carbons (Fsp3) is 0.304. The van der Waals surface area contributed by atoms with Gasteiger partial charge in [0.2, 0.25) is 5.91 Å². The summed E-state index contributed by atoms with van der Waals surface area (Å²) in [6.45, 7) is 4.12. The first-order valence-corrected chi connectivity index (χ1v) is 10.5. The van der Waals surface area contributed by atoms with Crippen LogP contribution in [0, 0.1) is 44.6 Å². The summed E-state index contributed by atoms with van der Waals surface area (Å²) in [6, 6.07) is 9.92. The molecule has 184 valence electrons. The van der Waals surface area contributed by atoms with Gasteiger partial charge in [0.15, 0.2) is 0 Å². The van der Waals surface area contributed by atoms with Gasteiger partial charge in [-0.3, -0.25) is 19.2 Å². The van der Waals surface area contributed by atoms with Crippen LogP contribution in [0.1, 0.15) is 15.9 Å². The van der Waals surface area contributed by atoms with Crippen LogP contribution in [0.15, 0.2) is 42.6 Å². The van der Waals surface area contributed by atoms with Crippen molar-refractivity contribution in [1.29, 1.82) is 0 Å². The molecule has 1 aliphatic rings. The molecule has 4 amide bonds. The van der Waals surface area contributed by atoms with Gasteiger partial charge in [0.1, 0.15) is 12.4 Å². The molecule has 35 heavy (non-hydrogen) atoms. The molecule has 0 radical (unpaired) electrons. The van der Waals surface area contributed by atoms with E-state index in [1.54, 1.807) is 61.6 Å². The maximum absolute atomic E-state index is 12.2. The average molecular weight is 707 g/mol. The minimum atomic E-state index is -0.857. The van der Waals surface area contributed by atoms with Crippen LogP contribution in [0.3, 0.4) is 0 Å². The fourth-order valence-corrected chi connectivity index (χ4v) is 2.75. The normalized spacial score (nSPS) is 12.4. The van der Waals surface area contributed by atoms with E-state index < -0.39 is 11.8 Å². The monoisotopic (exact) mass is 706 g/mol. The third-order valence-corrected chi connectivity index (χ3v) is 4.38. The summed E-state index contributed by atoms with van der Waals surface area (Å²) >= 11 is 0. The van der Waals surface area contributed by atoms with Crippen LogP contribution in [-0.2, 0) is 19.1 Å². The number of aromatic nitrogens is 1. The van der Waals surface area contributed by atoms with Gasteiger partial charge in [-0.15, -0.1) is 0 Å². The van der Waals surface area contributed by atoms with E-state index in [2.05, 4.69) is 26.3 Å².